The first-order valence-electron chi connectivity index (χ1n) is 3.13. The number of hydrogen-bond acceptors (Lipinski definition) is 2. The summed E-state index contributed by atoms with van der Waals surface area (Å²) in [6.07, 6.45) is 1.59. The molecule has 2 nitrogen and oxygen atoms in total. The monoisotopic (exact) mass is 113 g/mol. The molecule has 3 aliphatic rings. The summed E-state index contributed by atoms with van der Waals surface area (Å²) < 4.78 is 5.32. The van der Waals surface area contributed by atoms with Gasteiger partial charge in [-0.15, -0.1) is 0 Å². The summed E-state index contributed by atoms with van der Waals surface area (Å²) in [5.74, 6) is 0.613. The topological polar surface area (TPSA) is 35.2 Å². The van der Waals surface area contributed by atoms with Crippen LogP contribution in [0.3, 0.4) is 0 Å². The lowest BCUT2D eigenvalue weighted by atomic mass is 9.69. The third kappa shape index (κ3) is 0.327. The van der Waals surface area contributed by atoms with Gasteiger partial charge in [-0.25, -0.2) is 0 Å². The standard InChI is InChI=1S/C6H11NO/c1-4-5-2-6(4,7)3-8-5/h4-5H,2-3,7H2,1H3. The first-order valence-corrected chi connectivity index (χ1v) is 3.13. The highest BCUT2D eigenvalue weighted by Crippen LogP contribution is 2.45. The van der Waals surface area contributed by atoms with Gasteiger partial charge < -0.3 is 10.5 Å². The largest absolute Gasteiger partial charge is 0.376 e. The van der Waals surface area contributed by atoms with E-state index in [1.165, 1.54) is 0 Å². The second-order valence-electron chi connectivity index (χ2n) is 3.08. The molecule has 2 heteroatoms. The molecule has 2 aliphatic heterocycles. The Morgan fingerprint density at radius 1 is 1.75 bits per heavy atom. The Kier molecular flexibility index (Phi) is 0.649. The van der Waals surface area contributed by atoms with E-state index in [4.69, 9.17) is 10.5 Å². The Hall–Kier alpha value is -0.0800. The fourth-order valence-corrected chi connectivity index (χ4v) is 1.60. The van der Waals surface area contributed by atoms with Crippen molar-refractivity contribution in [2.75, 3.05) is 6.61 Å². The molecule has 0 radical (unpaired) electrons. The van der Waals surface area contributed by atoms with Crippen LogP contribution in [0.5, 0.6) is 0 Å². The van der Waals surface area contributed by atoms with Crippen molar-refractivity contribution >= 4 is 0 Å². The third-order valence-corrected chi connectivity index (χ3v) is 2.61. The molecule has 3 fully saturated rings. The third-order valence-electron chi connectivity index (χ3n) is 2.61. The van der Waals surface area contributed by atoms with Crippen molar-refractivity contribution in [2.24, 2.45) is 11.7 Å². The normalized spacial score (nSPS) is 60.8. The molecule has 0 aromatic heterocycles. The van der Waals surface area contributed by atoms with Crippen LogP contribution in [-0.2, 0) is 4.74 Å². The lowest BCUT2D eigenvalue weighted by molar-refractivity contribution is 0.0737. The highest BCUT2D eigenvalue weighted by atomic mass is 16.5. The number of hydrogen-bond donors (Lipinski definition) is 1. The van der Waals surface area contributed by atoms with E-state index in [1.54, 1.807) is 0 Å². The lowest BCUT2D eigenvalue weighted by Gasteiger charge is -2.39. The Balaban J connectivity index is 2.22. The van der Waals surface area contributed by atoms with Crippen LogP contribution in [0.2, 0.25) is 0 Å². The van der Waals surface area contributed by atoms with E-state index in [1.807, 2.05) is 0 Å². The molecule has 3 rings (SSSR count). The van der Waals surface area contributed by atoms with Gasteiger partial charge in [0.15, 0.2) is 0 Å². The molecule has 0 amide bonds. The molecule has 0 spiro atoms. The summed E-state index contributed by atoms with van der Waals surface area (Å²) in [4.78, 5) is 0. The van der Waals surface area contributed by atoms with Crippen molar-refractivity contribution in [2.45, 2.75) is 25.0 Å². The minimum Gasteiger partial charge on any atom is -0.376 e. The number of ether oxygens (including phenoxy) is 1. The van der Waals surface area contributed by atoms with E-state index in [2.05, 4.69) is 6.92 Å². The fraction of sp³-hybridized carbons (Fsp3) is 1.00. The molecule has 3 unspecified atom stereocenters. The van der Waals surface area contributed by atoms with E-state index in [0.717, 1.165) is 13.0 Å². The van der Waals surface area contributed by atoms with E-state index in [0.29, 0.717) is 12.0 Å². The van der Waals surface area contributed by atoms with Gasteiger partial charge >= 0.3 is 0 Å². The first-order chi connectivity index (χ1) is 3.72. The van der Waals surface area contributed by atoms with Crippen molar-refractivity contribution in [3.8, 4) is 0 Å². The molecule has 2 N–H and O–H groups in total. The Bertz CT molecular complexity index is 122. The quantitative estimate of drug-likeness (QED) is 0.484. The summed E-state index contributed by atoms with van der Waals surface area (Å²) in [7, 11) is 0. The Morgan fingerprint density at radius 2 is 2.50 bits per heavy atom. The molecule has 1 aliphatic carbocycles. The fourth-order valence-electron chi connectivity index (χ4n) is 1.60. The second kappa shape index (κ2) is 1.09. The summed E-state index contributed by atoms with van der Waals surface area (Å²) in [6, 6.07) is 0. The van der Waals surface area contributed by atoms with Crippen LogP contribution < -0.4 is 5.73 Å². The van der Waals surface area contributed by atoms with Crippen LogP contribution in [0.25, 0.3) is 0 Å². The van der Waals surface area contributed by atoms with Gasteiger partial charge in [0.05, 0.1) is 12.7 Å². The maximum atomic E-state index is 5.86. The molecular formula is C6H11NO. The van der Waals surface area contributed by atoms with E-state index < -0.39 is 0 Å². The van der Waals surface area contributed by atoms with Gasteiger partial charge in [0, 0.05) is 11.5 Å². The number of nitrogens with two attached hydrogens (primary N) is 1. The zero-order valence-corrected chi connectivity index (χ0v) is 5.05. The van der Waals surface area contributed by atoms with Crippen molar-refractivity contribution < 1.29 is 4.74 Å². The van der Waals surface area contributed by atoms with Gasteiger partial charge in [0.1, 0.15) is 0 Å². The molecule has 0 aromatic rings. The molecular weight excluding hydrogens is 102 g/mol. The van der Waals surface area contributed by atoms with Gasteiger partial charge in [-0.2, -0.15) is 0 Å². The maximum absolute atomic E-state index is 5.86. The van der Waals surface area contributed by atoms with Crippen molar-refractivity contribution in [3.63, 3.8) is 0 Å². The molecule has 8 heavy (non-hydrogen) atoms. The average Bonchev–Trinajstić information content (AvgIpc) is 2.21. The van der Waals surface area contributed by atoms with Crippen LogP contribution in [0, 0.1) is 5.92 Å². The van der Waals surface area contributed by atoms with Crippen LogP contribution in [0.4, 0.5) is 0 Å². The summed E-state index contributed by atoms with van der Waals surface area (Å²) in [5.41, 5.74) is 5.94. The molecule has 2 heterocycles. The van der Waals surface area contributed by atoms with Crippen molar-refractivity contribution in [3.05, 3.63) is 0 Å². The SMILES string of the molecule is CC1C2CC1(N)CO2. The predicted octanol–water partition coefficient (Wildman–Crippen LogP) is 0.122. The van der Waals surface area contributed by atoms with E-state index in [-0.39, 0.29) is 5.54 Å². The molecule has 2 bridgehead atoms. The predicted molar refractivity (Wildman–Crippen MR) is 30.4 cm³/mol. The maximum Gasteiger partial charge on any atom is 0.0654 e. The zero-order chi connectivity index (χ0) is 5.78. The van der Waals surface area contributed by atoms with Gasteiger partial charge in [-0.1, -0.05) is 6.92 Å². The van der Waals surface area contributed by atoms with Gasteiger partial charge in [-0.3, -0.25) is 0 Å². The summed E-state index contributed by atoms with van der Waals surface area (Å²) in [5, 5.41) is 0. The Labute approximate surface area is 49.0 Å². The smallest absolute Gasteiger partial charge is 0.0654 e. The van der Waals surface area contributed by atoms with Crippen LogP contribution in [0.1, 0.15) is 13.3 Å². The van der Waals surface area contributed by atoms with Crippen LogP contribution in [0.15, 0.2) is 0 Å². The van der Waals surface area contributed by atoms with Crippen molar-refractivity contribution in [1.29, 1.82) is 0 Å². The van der Waals surface area contributed by atoms with Gasteiger partial charge in [-0.05, 0) is 6.42 Å². The number of fused-ring (bicyclic) bond motifs is 1. The average molecular weight is 113 g/mol. The van der Waals surface area contributed by atoms with Crippen LogP contribution in [-0.4, -0.2) is 18.2 Å². The van der Waals surface area contributed by atoms with Crippen LogP contribution >= 0.6 is 0 Å². The van der Waals surface area contributed by atoms with Gasteiger partial charge in [0.2, 0.25) is 0 Å². The lowest BCUT2D eigenvalue weighted by Crippen LogP contribution is -2.56. The molecule has 46 valence electrons. The van der Waals surface area contributed by atoms with E-state index in [9.17, 15) is 0 Å². The zero-order valence-electron chi connectivity index (χ0n) is 5.05. The number of rotatable bonds is 0. The summed E-state index contributed by atoms with van der Waals surface area (Å²) in [6.45, 7) is 2.96. The van der Waals surface area contributed by atoms with Crippen molar-refractivity contribution in [1.82, 2.24) is 0 Å². The Morgan fingerprint density at radius 3 is 2.62 bits per heavy atom. The molecule has 2 saturated heterocycles. The second-order valence-corrected chi connectivity index (χ2v) is 3.08. The highest BCUT2D eigenvalue weighted by Gasteiger charge is 2.55. The minimum absolute atomic E-state index is 0.0741. The summed E-state index contributed by atoms with van der Waals surface area (Å²) >= 11 is 0. The highest BCUT2D eigenvalue weighted by molar-refractivity contribution is 5.10. The molecule has 1 saturated carbocycles. The minimum atomic E-state index is 0.0741. The van der Waals surface area contributed by atoms with Gasteiger partial charge in [0.25, 0.3) is 0 Å². The van der Waals surface area contributed by atoms with E-state index >= 15 is 0 Å². The molecule has 0 aromatic carbocycles. The molecule has 3 atom stereocenters. The first kappa shape index (κ1) is 4.77.